The molecule has 0 radical (unpaired) electrons. The van der Waals surface area contributed by atoms with E-state index in [0.29, 0.717) is 18.7 Å². The Bertz CT molecular complexity index is 675. The zero-order valence-corrected chi connectivity index (χ0v) is 13.1. The van der Waals surface area contributed by atoms with Crippen molar-refractivity contribution >= 4 is 5.91 Å². The van der Waals surface area contributed by atoms with Gasteiger partial charge in [0.1, 0.15) is 0 Å². The third-order valence-electron chi connectivity index (χ3n) is 3.93. The summed E-state index contributed by atoms with van der Waals surface area (Å²) in [6.07, 6.45) is 1.59. The van der Waals surface area contributed by atoms with Gasteiger partial charge in [-0.05, 0) is 26.3 Å². The van der Waals surface area contributed by atoms with Gasteiger partial charge in [0.2, 0.25) is 0 Å². The third-order valence-corrected chi connectivity index (χ3v) is 3.93. The predicted octanol–water partition coefficient (Wildman–Crippen LogP) is 1.65. The van der Waals surface area contributed by atoms with Gasteiger partial charge in [-0.2, -0.15) is 10.2 Å². The molecule has 2 atom stereocenters. The lowest BCUT2D eigenvalue weighted by atomic mass is 9.99. The summed E-state index contributed by atoms with van der Waals surface area (Å²) in [6.45, 7) is 6.42. The summed E-state index contributed by atoms with van der Waals surface area (Å²) in [7, 11) is 0. The molecule has 3 heterocycles. The van der Waals surface area contributed by atoms with Gasteiger partial charge in [-0.25, -0.2) is 0 Å². The standard InChI is InChI=1S/C15H21N5O2/c1-4-10-6-11(18-17-10)7-16-15(21)14-12-5-8(2)22-9(3)13(12)19-20-14/h6,8-9H,4-5,7H2,1-3H3,(H,16,21)(H,17,18)(H,19,20)/t8-,9+/m0/s1. The predicted molar refractivity (Wildman–Crippen MR) is 80.4 cm³/mol. The molecular weight excluding hydrogens is 282 g/mol. The van der Waals surface area contributed by atoms with E-state index in [4.69, 9.17) is 4.74 Å². The molecule has 22 heavy (non-hydrogen) atoms. The first kappa shape index (κ1) is 14.8. The number of aromatic amines is 2. The first-order valence-corrected chi connectivity index (χ1v) is 7.62. The van der Waals surface area contributed by atoms with Crippen molar-refractivity contribution in [3.8, 4) is 0 Å². The van der Waals surface area contributed by atoms with Gasteiger partial charge in [0.05, 0.1) is 35.8 Å². The van der Waals surface area contributed by atoms with Crippen molar-refractivity contribution in [2.75, 3.05) is 0 Å². The molecule has 0 bridgehead atoms. The fraction of sp³-hybridized carbons (Fsp3) is 0.533. The van der Waals surface area contributed by atoms with Crippen LogP contribution >= 0.6 is 0 Å². The third kappa shape index (κ3) is 2.76. The van der Waals surface area contributed by atoms with Crippen molar-refractivity contribution in [2.24, 2.45) is 0 Å². The number of nitrogens with one attached hydrogen (secondary N) is 3. The van der Waals surface area contributed by atoms with Crippen LogP contribution in [0.4, 0.5) is 0 Å². The number of amides is 1. The Kier molecular flexibility index (Phi) is 3.98. The fourth-order valence-electron chi connectivity index (χ4n) is 2.80. The Balaban J connectivity index is 1.70. The smallest absolute Gasteiger partial charge is 0.272 e. The number of aromatic nitrogens is 4. The van der Waals surface area contributed by atoms with E-state index >= 15 is 0 Å². The highest BCUT2D eigenvalue weighted by atomic mass is 16.5. The van der Waals surface area contributed by atoms with E-state index in [1.54, 1.807) is 0 Å². The molecule has 0 unspecified atom stereocenters. The number of carbonyl (C=O) groups excluding carboxylic acids is 1. The number of H-pyrrole nitrogens is 2. The van der Waals surface area contributed by atoms with Gasteiger partial charge < -0.3 is 10.1 Å². The highest BCUT2D eigenvalue weighted by molar-refractivity contribution is 5.94. The maximum absolute atomic E-state index is 12.4. The molecule has 1 aliphatic heterocycles. The summed E-state index contributed by atoms with van der Waals surface area (Å²) >= 11 is 0. The van der Waals surface area contributed by atoms with Crippen LogP contribution in [0.5, 0.6) is 0 Å². The maximum atomic E-state index is 12.4. The van der Waals surface area contributed by atoms with Crippen LogP contribution in [0.15, 0.2) is 6.07 Å². The van der Waals surface area contributed by atoms with Crippen LogP contribution in [0.1, 0.15) is 60.0 Å². The molecule has 7 heteroatoms. The molecule has 3 rings (SSSR count). The number of rotatable bonds is 4. The largest absolute Gasteiger partial charge is 0.369 e. The van der Waals surface area contributed by atoms with Crippen LogP contribution in [-0.4, -0.2) is 32.4 Å². The summed E-state index contributed by atoms with van der Waals surface area (Å²) in [5.74, 6) is -0.175. The zero-order chi connectivity index (χ0) is 15.7. The Labute approximate surface area is 128 Å². The second-order valence-electron chi connectivity index (χ2n) is 5.68. The first-order valence-electron chi connectivity index (χ1n) is 7.62. The average Bonchev–Trinajstić information content (AvgIpc) is 3.11. The zero-order valence-electron chi connectivity index (χ0n) is 13.1. The quantitative estimate of drug-likeness (QED) is 0.800. The minimum atomic E-state index is -0.175. The highest BCUT2D eigenvalue weighted by Gasteiger charge is 2.29. The number of hydrogen-bond acceptors (Lipinski definition) is 4. The molecule has 2 aromatic rings. The molecule has 3 N–H and O–H groups in total. The van der Waals surface area contributed by atoms with Gasteiger partial charge in [0.15, 0.2) is 5.69 Å². The van der Waals surface area contributed by atoms with Gasteiger partial charge in [0.25, 0.3) is 5.91 Å². The fourth-order valence-corrected chi connectivity index (χ4v) is 2.80. The molecule has 1 aliphatic rings. The monoisotopic (exact) mass is 303 g/mol. The molecule has 0 spiro atoms. The van der Waals surface area contributed by atoms with Gasteiger partial charge in [-0.15, -0.1) is 0 Å². The molecule has 0 saturated heterocycles. The van der Waals surface area contributed by atoms with Crippen molar-refractivity contribution < 1.29 is 9.53 Å². The Hall–Kier alpha value is -2.15. The van der Waals surface area contributed by atoms with Crippen LogP contribution in [0.3, 0.4) is 0 Å². The van der Waals surface area contributed by atoms with E-state index in [9.17, 15) is 4.79 Å². The lowest BCUT2D eigenvalue weighted by Gasteiger charge is -2.25. The Morgan fingerprint density at radius 3 is 2.95 bits per heavy atom. The summed E-state index contributed by atoms with van der Waals surface area (Å²) < 4.78 is 5.73. The van der Waals surface area contributed by atoms with Crippen LogP contribution < -0.4 is 5.32 Å². The lowest BCUT2D eigenvalue weighted by molar-refractivity contribution is -0.00697. The Morgan fingerprint density at radius 1 is 1.41 bits per heavy atom. The molecule has 118 valence electrons. The summed E-state index contributed by atoms with van der Waals surface area (Å²) in [5, 5.41) is 17.1. The van der Waals surface area contributed by atoms with Gasteiger partial charge in [0, 0.05) is 12.0 Å². The van der Waals surface area contributed by atoms with E-state index in [-0.39, 0.29) is 18.1 Å². The van der Waals surface area contributed by atoms with Crippen molar-refractivity contribution in [1.82, 2.24) is 25.7 Å². The lowest BCUT2D eigenvalue weighted by Crippen LogP contribution is -2.27. The van der Waals surface area contributed by atoms with Crippen LogP contribution in [0.2, 0.25) is 0 Å². The van der Waals surface area contributed by atoms with Crippen molar-refractivity contribution in [3.63, 3.8) is 0 Å². The van der Waals surface area contributed by atoms with Crippen molar-refractivity contribution in [1.29, 1.82) is 0 Å². The van der Waals surface area contributed by atoms with Gasteiger partial charge in [-0.3, -0.25) is 15.0 Å². The van der Waals surface area contributed by atoms with E-state index in [0.717, 1.165) is 29.1 Å². The number of aryl methyl sites for hydroxylation is 1. The molecule has 2 aromatic heterocycles. The van der Waals surface area contributed by atoms with Gasteiger partial charge in [-0.1, -0.05) is 6.92 Å². The van der Waals surface area contributed by atoms with Crippen molar-refractivity contribution in [2.45, 2.75) is 52.4 Å². The molecule has 0 saturated carbocycles. The summed E-state index contributed by atoms with van der Waals surface area (Å²) in [6, 6.07) is 1.96. The highest BCUT2D eigenvalue weighted by Crippen LogP contribution is 2.29. The number of nitrogens with zero attached hydrogens (tertiary/aromatic N) is 2. The summed E-state index contributed by atoms with van der Waals surface area (Å²) in [5.41, 5.74) is 4.20. The summed E-state index contributed by atoms with van der Waals surface area (Å²) in [4.78, 5) is 12.4. The minimum Gasteiger partial charge on any atom is -0.369 e. The number of ether oxygens (including phenoxy) is 1. The van der Waals surface area contributed by atoms with E-state index in [1.165, 1.54) is 0 Å². The molecule has 0 aliphatic carbocycles. The van der Waals surface area contributed by atoms with E-state index in [1.807, 2.05) is 26.8 Å². The van der Waals surface area contributed by atoms with Gasteiger partial charge >= 0.3 is 0 Å². The van der Waals surface area contributed by atoms with Crippen LogP contribution in [0.25, 0.3) is 0 Å². The first-order chi connectivity index (χ1) is 10.6. The second-order valence-corrected chi connectivity index (χ2v) is 5.68. The SMILES string of the molecule is CCc1cc(CNC(=O)c2n[nH]c3c2C[C@H](C)O[C@@H]3C)[nH]n1. The minimum absolute atomic E-state index is 0.0625. The molecular formula is C15H21N5O2. The molecule has 7 nitrogen and oxygen atoms in total. The van der Waals surface area contributed by atoms with E-state index in [2.05, 4.69) is 25.7 Å². The Morgan fingerprint density at radius 2 is 2.23 bits per heavy atom. The number of fused-ring (bicyclic) bond motifs is 1. The molecule has 1 amide bonds. The van der Waals surface area contributed by atoms with E-state index < -0.39 is 0 Å². The van der Waals surface area contributed by atoms with Crippen molar-refractivity contribution in [3.05, 3.63) is 34.4 Å². The maximum Gasteiger partial charge on any atom is 0.272 e. The molecule has 0 fully saturated rings. The second kappa shape index (κ2) is 5.92. The normalized spacial score (nSPS) is 20.7. The molecule has 0 aromatic carbocycles. The number of hydrogen-bond donors (Lipinski definition) is 3. The van der Waals surface area contributed by atoms with Crippen LogP contribution in [0, 0.1) is 0 Å². The topological polar surface area (TPSA) is 95.7 Å². The van der Waals surface area contributed by atoms with Crippen LogP contribution in [-0.2, 0) is 24.1 Å². The number of carbonyl (C=O) groups is 1. The average molecular weight is 303 g/mol.